The molecule has 41 heavy (non-hydrogen) atoms. The van der Waals surface area contributed by atoms with Crippen LogP contribution in [0.2, 0.25) is 25.7 Å². The van der Waals surface area contributed by atoms with Gasteiger partial charge in [0.1, 0.15) is 25.3 Å². The average Bonchev–Trinajstić information content (AvgIpc) is 3.29. The minimum absolute atomic E-state index is 0.172. The molecule has 3 rings (SSSR count). The number of benzene rings is 1. The van der Waals surface area contributed by atoms with Crippen molar-refractivity contribution >= 4 is 20.3 Å². The van der Waals surface area contributed by atoms with Crippen molar-refractivity contribution in [2.24, 2.45) is 17.3 Å². The molecule has 0 aromatic heterocycles. The molecule has 0 amide bonds. The van der Waals surface area contributed by atoms with Gasteiger partial charge in [-0.1, -0.05) is 82.9 Å². The number of carbonyl (C=O) groups is 2. The van der Waals surface area contributed by atoms with Crippen LogP contribution in [-0.2, 0) is 33.3 Å². The Morgan fingerprint density at radius 3 is 2.49 bits per heavy atom. The number of carbonyl (C=O) groups excluding carboxylic acids is 2. The zero-order valence-corrected chi connectivity index (χ0v) is 27.3. The van der Waals surface area contributed by atoms with E-state index < -0.39 is 37.4 Å². The Morgan fingerprint density at radius 1 is 1.20 bits per heavy atom. The van der Waals surface area contributed by atoms with Crippen molar-refractivity contribution in [3.05, 3.63) is 59.2 Å². The van der Waals surface area contributed by atoms with Gasteiger partial charge >= 0.3 is 5.97 Å². The number of ether oxygens (including phenoxy) is 5. The van der Waals surface area contributed by atoms with Crippen LogP contribution in [0.5, 0.6) is 0 Å². The van der Waals surface area contributed by atoms with Crippen molar-refractivity contribution in [2.45, 2.75) is 91.1 Å². The van der Waals surface area contributed by atoms with Gasteiger partial charge in [-0.2, -0.15) is 0 Å². The Balaban J connectivity index is 1.94. The second-order valence-corrected chi connectivity index (χ2v) is 19.0. The summed E-state index contributed by atoms with van der Waals surface area (Å²) in [4.78, 5) is 24.1. The first-order valence-corrected chi connectivity index (χ1v) is 18.4. The van der Waals surface area contributed by atoms with E-state index in [4.69, 9.17) is 23.7 Å². The van der Waals surface area contributed by atoms with E-state index in [9.17, 15) is 9.59 Å². The molecule has 8 heteroatoms. The zero-order valence-electron chi connectivity index (χ0n) is 26.3. The molecule has 1 saturated heterocycles. The molecule has 0 saturated carbocycles. The summed E-state index contributed by atoms with van der Waals surface area (Å²) in [5, 5.41) is 0. The van der Waals surface area contributed by atoms with Crippen molar-refractivity contribution < 1.29 is 33.3 Å². The molecule has 228 valence electrons. The van der Waals surface area contributed by atoms with Gasteiger partial charge in [0.15, 0.2) is 6.29 Å². The maximum atomic E-state index is 12.3. The van der Waals surface area contributed by atoms with E-state index >= 15 is 0 Å². The molecule has 1 aromatic carbocycles. The summed E-state index contributed by atoms with van der Waals surface area (Å²) in [6.07, 6.45) is 1.31. The first kappa shape index (κ1) is 33.4. The first-order valence-electron chi connectivity index (χ1n) is 14.7. The summed E-state index contributed by atoms with van der Waals surface area (Å²) < 4.78 is 31.0. The Morgan fingerprint density at radius 2 is 1.88 bits per heavy atom. The molecule has 0 N–H and O–H groups in total. The van der Waals surface area contributed by atoms with Crippen LogP contribution >= 0.6 is 0 Å². The molecule has 2 aliphatic rings. The van der Waals surface area contributed by atoms with Crippen molar-refractivity contribution in [3.63, 3.8) is 0 Å². The minimum Gasteiger partial charge on any atom is -0.461 e. The SMILES string of the molecule is C=C(COCOCC[Si](C)(C)C)[C@H]([C@@H](C)C=O)[C@@H]1OC(c2ccccc2)O[C@]12CCC(C)=C(COC(C)=O)C2(C)C. The van der Waals surface area contributed by atoms with E-state index in [1.54, 1.807) is 0 Å². The van der Waals surface area contributed by atoms with E-state index in [-0.39, 0.29) is 31.9 Å². The quantitative estimate of drug-likeness (QED) is 0.0587. The number of esters is 1. The normalized spacial score (nSPS) is 25.7. The predicted molar refractivity (Wildman–Crippen MR) is 163 cm³/mol. The molecule has 0 bridgehead atoms. The molecule has 5 atom stereocenters. The maximum absolute atomic E-state index is 12.3. The number of hydrogen-bond donors (Lipinski definition) is 0. The van der Waals surface area contributed by atoms with Crippen LogP contribution < -0.4 is 0 Å². The fraction of sp³-hybridized carbons (Fsp3) is 0.636. The molecule has 1 fully saturated rings. The second kappa shape index (κ2) is 13.9. The van der Waals surface area contributed by atoms with E-state index in [0.717, 1.165) is 35.5 Å². The van der Waals surface area contributed by atoms with Crippen LogP contribution in [0.15, 0.2) is 53.6 Å². The smallest absolute Gasteiger partial charge is 0.302 e. The molecule has 1 aliphatic heterocycles. The van der Waals surface area contributed by atoms with Gasteiger partial charge in [-0.3, -0.25) is 4.79 Å². The summed E-state index contributed by atoms with van der Waals surface area (Å²) in [6, 6.07) is 10.9. The minimum atomic E-state index is -1.19. The van der Waals surface area contributed by atoms with Crippen LogP contribution in [0, 0.1) is 17.3 Å². The Hall–Kier alpha value is -2.10. The first-order chi connectivity index (χ1) is 19.2. The van der Waals surface area contributed by atoms with Gasteiger partial charge in [-0.05, 0) is 37.0 Å². The van der Waals surface area contributed by atoms with Gasteiger partial charge in [0, 0.05) is 44.4 Å². The largest absolute Gasteiger partial charge is 0.461 e. The van der Waals surface area contributed by atoms with E-state index in [1.807, 2.05) is 37.3 Å². The molecular weight excluding hydrogens is 536 g/mol. The predicted octanol–water partition coefficient (Wildman–Crippen LogP) is 6.88. The fourth-order valence-corrected chi connectivity index (χ4v) is 6.94. The summed E-state index contributed by atoms with van der Waals surface area (Å²) in [6.45, 7) is 22.3. The van der Waals surface area contributed by atoms with Crippen molar-refractivity contribution in [2.75, 3.05) is 26.6 Å². The van der Waals surface area contributed by atoms with Crippen LogP contribution in [-0.4, -0.2) is 58.6 Å². The van der Waals surface area contributed by atoms with Crippen molar-refractivity contribution in [1.82, 2.24) is 0 Å². The molecular formula is C33H50O7Si. The number of allylic oxidation sites excluding steroid dienone is 1. The molecule has 1 unspecified atom stereocenters. The van der Waals surface area contributed by atoms with Crippen LogP contribution in [0.3, 0.4) is 0 Å². The lowest BCUT2D eigenvalue weighted by atomic mass is 9.57. The molecule has 1 aliphatic carbocycles. The lowest BCUT2D eigenvalue weighted by Gasteiger charge is -2.52. The standard InChI is InChI=1S/C33H50O7Si/c1-23-15-16-33(32(5,6)28(23)21-38-26(4)35)30(39-31(40-33)27-13-11-10-12-14-27)29(24(2)19-34)25(3)20-37-22-36-17-18-41(7,8)9/h10-14,19,24,29-31H,3,15-18,20-22H2,1-2,4-9H3/t24-,29-,30-,31?,33+/m0/s1. The monoisotopic (exact) mass is 586 g/mol. The second-order valence-electron chi connectivity index (χ2n) is 13.3. The van der Waals surface area contributed by atoms with Gasteiger partial charge in [0.05, 0.1) is 12.7 Å². The van der Waals surface area contributed by atoms with Gasteiger partial charge in [-0.15, -0.1) is 0 Å². The van der Waals surface area contributed by atoms with Gasteiger partial charge < -0.3 is 28.5 Å². The molecule has 1 aromatic rings. The third kappa shape index (κ3) is 7.85. The van der Waals surface area contributed by atoms with E-state index in [2.05, 4.69) is 47.0 Å². The third-order valence-corrected chi connectivity index (χ3v) is 10.5. The molecule has 1 heterocycles. The van der Waals surface area contributed by atoms with Crippen LogP contribution in [0.25, 0.3) is 0 Å². The van der Waals surface area contributed by atoms with E-state index in [1.165, 1.54) is 12.5 Å². The van der Waals surface area contributed by atoms with Crippen LogP contribution in [0.1, 0.15) is 59.3 Å². The highest BCUT2D eigenvalue weighted by atomic mass is 28.3. The number of rotatable bonds is 14. The fourth-order valence-electron chi connectivity index (χ4n) is 6.18. The lowest BCUT2D eigenvalue weighted by molar-refractivity contribution is -0.146. The van der Waals surface area contributed by atoms with Gasteiger partial charge in [0.25, 0.3) is 0 Å². The topological polar surface area (TPSA) is 80.3 Å². The van der Waals surface area contributed by atoms with Gasteiger partial charge in [0.2, 0.25) is 0 Å². The van der Waals surface area contributed by atoms with Crippen molar-refractivity contribution in [1.29, 1.82) is 0 Å². The van der Waals surface area contributed by atoms with Gasteiger partial charge in [-0.25, -0.2) is 0 Å². The highest BCUT2D eigenvalue weighted by Crippen LogP contribution is 2.59. The summed E-state index contributed by atoms with van der Waals surface area (Å²) in [7, 11) is -1.19. The van der Waals surface area contributed by atoms with E-state index in [0.29, 0.717) is 13.0 Å². The molecule has 7 nitrogen and oxygen atoms in total. The molecule has 0 radical (unpaired) electrons. The third-order valence-electron chi connectivity index (χ3n) is 8.77. The lowest BCUT2D eigenvalue weighted by Crippen LogP contribution is -2.59. The Kier molecular flexibility index (Phi) is 11.3. The van der Waals surface area contributed by atoms with Crippen LogP contribution in [0.4, 0.5) is 0 Å². The summed E-state index contributed by atoms with van der Waals surface area (Å²) >= 11 is 0. The highest BCUT2D eigenvalue weighted by molar-refractivity contribution is 6.76. The Labute approximate surface area is 247 Å². The zero-order chi connectivity index (χ0) is 30.4. The number of aldehydes is 1. The molecule has 1 spiro atoms. The maximum Gasteiger partial charge on any atom is 0.302 e. The Bertz CT molecular complexity index is 1090. The summed E-state index contributed by atoms with van der Waals surface area (Å²) in [5.74, 6) is -1.08. The average molecular weight is 587 g/mol. The number of hydrogen-bond acceptors (Lipinski definition) is 7. The highest BCUT2D eigenvalue weighted by Gasteiger charge is 2.63. The van der Waals surface area contributed by atoms with Crippen molar-refractivity contribution in [3.8, 4) is 0 Å². The summed E-state index contributed by atoms with van der Waals surface area (Å²) in [5.41, 5.74) is 2.51.